The first-order chi connectivity index (χ1) is 11.0. The van der Waals surface area contributed by atoms with Gasteiger partial charge in [0.15, 0.2) is 6.61 Å². The molecule has 7 heteroatoms. The van der Waals surface area contributed by atoms with Gasteiger partial charge in [-0.3, -0.25) is 4.79 Å². The third-order valence-corrected chi connectivity index (χ3v) is 4.42. The number of hydrogen-bond acceptors (Lipinski definition) is 5. The topological polar surface area (TPSA) is 96.1 Å². The lowest BCUT2D eigenvalue weighted by atomic mass is 10.1. The van der Waals surface area contributed by atoms with Crippen molar-refractivity contribution in [3.63, 3.8) is 0 Å². The second-order valence-electron chi connectivity index (χ2n) is 6.00. The van der Waals surface area contributed by atoms with Crippen LogP contribution in [0, 0.1) is 0 Å². The van der Waals surface area contributed by atoms with Gasteiger partial charge in [0.1, 0.15) is 5.75 Å². The van der Waals surface area contributed by atoms with Gasteiger partial charge in [-0.25, -0.2) is 4.79 Å². The summed E-state index contributed by atoms with van der Waals surface area (Å²) >= 11 is 0. The molecule has 1 fully saturated rings. The maximum absolute atomic E-state index is 12.2. The number of nitrogens with zero attached hydrogens (tertiary/aromatic N) is 2. The second kappa shape index (κ2) is 6.55. The van der Waals surface area contributed by atoms with E-state index in [2.05, 4.69) is 4.90 Å². The number of ether oxygens (including phenoxy) is 1. The minimum atomic E-state index is -1.02. The van der Waals surface area contributed by atoms with Crippen LogP contribution in [0.25, 0.3) is 0 Å². The highest BCUT2D eigenvalue weighted by molar-refractivity contribution is 5.99. The summed E-state index contributed by atoms with van der Waals surface area (Å²) in [7, 11) is 0. The first kappa shape index (κ1) is 15.8. The quantitative estimate of drug-likeness (QED) is 0.840. The lowest BCUT2D eigenvalue weighted by Gasteiger charge is -2.34. The molecule has 0 unspecified atom stereocenters. The zero-order valence-corrected chi connectivity index (χ0v) is 12.9. The van der Waals surface area contributed by atoms with E-state index >= 15 is 0 Å². The Morgan fingerprint density at radius 1 is 1.30 bits per heavy atom. The van der Waals surface area contributed by atoms with E-state index in [1.165, 1.54) is 12.1 Å². The maximum atomic E-state index is 12.2. The van der Waals surface area contributed by atoms with Crippen LogP contribution >= 0.6 is 0 Å². The molecule has 3 N–H and O–H groups in total. The maximum Gasteiger partial charge on any atom is 0.335 e. The Morgan fingerprint density at radius 2 is 2.04 bits per heavy atom. The lowest BCUT2D eigenvalue weighted by Crippen LogP contribution is -2.46. The molecule has 2 aliphatic heterocycles. The highest BCUT2D eigenvalue weighted by Gasteiger charge is 2.27. The molecule has 2 heterocycles. The molecule has 0 saturated carbocycles. The number of carbonyl (C=O) groups is 2. The first-order valence-corrected chi connectivity index (χ1v) is 7.83. The van der Waals surface area contributed by atoms with Crippen molar-refractivity contribution in [3.8, 4) is 5.75 Å². The Labute approximate surface area is 134 Å². The number of fused-ring (bicyclic) bond motifs is 1. The molecule has 3 rings (SSSR count). The number of benzene rings is 1. The third-order valence-electron chi connectivity index (χ3n) is 4.42. The summed E-state index contributed by atoms with van der Waals surface area (Å²) in [5.74, 6) is -0.611. The number of piperidine rings is 1. The average molecular weight is 319 g/mol. The number of hydrogen-bond donors (Lipinski definition) is 2. The van der Waals surface area contributed by atoms with Gasteiger partial charge in [0.05, 0.1) is 11.3 Å². The summed E-state index contributed by atoms with van der Waals surface area (Å²) < 4.78 is 5.39. The van der Waals surface area contributed by atoms with Gasteiger partial charge in [-0.05, 0) is 44.1 Å². The van der Waals surface area contributed by atoms with Crippen LogP contribution in [-0.4, -0.2) is 60.7 Å². The Kier molecular flexibility index (Phi) is 4.49. The van der Waals surface area contributed by atoms with Crippen molar-refractivity contribution in [1.29, 1.82) is 0 Å². The average Bonchev–Trinajstić information content (AvgIpc) is 2.55. The molecule has 0 spiro atoms. The summed E-state index contributed by atoms with van der Waals surface area (Å²) in [6.07, 6.45) is 1.94. The van der Waals surface area contributed by atoms with Crippen LogP contribution in [0.4, 0.5) is 5.69 Å². The number of amides is 1. The van der Waals surface area contributed by atoms with E-state index in [-0.39, 0.29) is 24.1 Å². The molecule has 7 nitrogen and oxygen atoms in total. The zero-order valence-electron chi connectivity index (χ0n) is 12.9. The van der Waals surface area contributed by atoms with E-state index in [1.54, 1.807) is 11.0 Å². The van der Waals surface area contributed by atoms with Crippen LogP contribution in [-0.2, 0) is 4.79 Å². The number of rotatable bonds is 4. The van der Waals surface area contributed by atoms with Gasteiger partial charge < -0.3 is 25.4 Å². The molecule has 0 radical (unpaired) electrons. The lowest BCUT2D eigenvalue weighted by molar-refractivity contribution is -0.121. The Bertz CT molecular complexity index is 611. The number of likely N-dealkylation sites (tertiary alicyclic amines) is 1. The smallest absolute Gasteiger partial charge is 0.335 e. The summed E-state index contributed by atoms with van der Waals surface area (Å²) in [6.45, 7) is 3.12. The number of anilines is 1. The number of carbonyl (C=O) groups excluding carboxylic acids is 1. The zero-order chi connectivity index (χ0) is 16.4. The van der Waals surface area contributed by atoms with Gasteiger partial charge in [-0.2, -0.15) is 0 Å². The van der Waals surface area contributed by atoms with Crippen LogP contribution in [0.1, 0.15) is 23.2 Å². The second-order valence-corrected chi connectivity index (χ2v) is 6.00. The highest BCUT2D eigenvalue weighted by Crippen LogP contribution is 2.33. The molecule has 23 heavy (non-hydrogen) atoms. The van der Waals surface area contributed by atoms with Gasteiger partial charge in [-0.15, -0.1) is 0 Å². The molecule has 1 aromatic rings. The minimum absolute atomic E-state index is 0.00963. The SMILES string of the molecule is NC1CCN(CCN2C(=O)COc3ccc(C(=O)O)cc32)CC1. The van der Waals surface area contributed by atoms with Gasteiger partial charge in [0.25, 0.3) is 5.91 Å². The van der Waals surface area contributed by atoms with Gasteiger partial charge in [0.2, 0.25) is 0 Å². The van der Waals surface area contributed by atoms with Gasteiger partial charge in [-0.1, -0.05) is 0 Å². The molecule has 0 bridgehead atoms. The Balaban J connectivity index is 1.73. The van der Waals surface area contributed by atoms with Crippen LogP contribution in [0.3, 0.4) is 0 Å². The largest absolute Gasteiger partial charge is 0.482 e. The number of nitrogens with two attached hydrogens (primary N) is 1. The molecule has 1 aromatic carbocycles. The van der Waals surface area contributed by atoms with Crippen molar-refractivity contribution in [1.82, 2.24) is 4.90 Å². The molecule has 0 aromatic heterocycles. The van der Waals surface area contributed by atoms with Crippen molar-refractivity contribution in [3.05, 3.63) is 23.8 Å². The predicted octanol–water partition coefficient (Wildman–Crippen LogP) is 0.533. The predicted molar refractivity (Wildman–Crippen MR) is 84.9 cm³/mol. The van der Waals surface area contributed by atoms with Crippen molar-refractivity contribution < 1.29 is 19.4 Å². The normalized spacial score (nSPS) is 19.3. The number of carboxylic acids is 1. The van der Waals surface area contributed by atoms with E-state index in [9.17, 15) is 9.59 Å². The van der Waals surface area contributed by atoms with E-state index < -0.39 is 5.97 Å². The molecular formula is C16H21N3O4. The number of aromatic carboxylic acids is 1. The summed E-state index contributed by atoms with van der Waals surface area (Å²) in [5, 5.41) is 9.13. The van der Waals surface area contributed by atoms with Gasteiger partial charge >= 0.3 is 5.97 Å². The highest BCUT2D eigenvalue weighted by atomic mass is 16.5. The molecular weight excluding hydrogens is 298 g/mol. The van der Waals surface area contributed by atoms with Crippen LogP contribution in [0.2, 0.25) is 0 Å². The molecule has 124 valence electrons. The number of carboxylic acid groups (broad SMARTS) is 1. The van der Waals surface area contributed by atoms with Gasteiger partial charge in [0, 0.05) is 19.1 Å². The third kappa shape index (κ3) is 3.46. The van der Waals surface area contributed by atoms with Crippen molar-refractivity contribution in [2.24, 2.45) is 5.73 Å². The monoisotopic (exact) mass is 319 g/mol. The fraction of sp³-hybridized carbons (Fsp3) is 0.500. The van der Waals surface area contributed by atoms with Crippen LogP contribution in [0.5, 0.6) is 5.75 Å². The Morgan fingerprint density at radius 3 is 2.74 bits per heavy atom. The van der Waals surface area contributed by atoms with Crippen LogP contribution in [0.15, 0.2) is 18.2 Å². The van der Waals surface area contributed by atoms with E-state index in [0.29, 0.717) is 18.0 Å². The Hall–Kier alpha value is -2.12. The molecule has 1 saturated heterocycles. The molecule has 0 atom stereocenters. The molecule has 2 aliphatic rings. The van der Waals surface area contributed by atoms with E-state index in [1.807, 2.05) is 0 Å². The first-order valence-electron chi connectivity index (χ1n) is 7.83. The van der Waals surface area contributed by atoms with Crippen LogP contribution < -0.4 is 15.4 Å². The fourth-order valence-electron chi connectivity index (χ4n) is 3.00. The van der Waals surface area contributed by atoms with E-state index in [4.69, 9.17) is 15.6 Å². The van der Waals surface area contributed by atoms with Crippen molar-refractivity contribution in [2.45, 2.75) is 18.9 Å². The summed E-state index contributed by atoms with van der Waals surface area (Å²) in [4.78, 5) is 27.2. The minimum Gasteiger partial charge on any atom is -0.482 e. The summed E-state index contributed by atoms with van der Waals surface area (Å²) in [6, 6.07) is 4.87. The van der Waals surface area contributed by atoms with E-state index in [0.717, 1.165) is 32.5 Å². The molecule has 1 amide bonds. The summed E-state index contributed by atoms with van der Waals surface area (Å²) in [5.41, 5.74) is 6.59. The molecule has 0 aliphatic carbocycles. The van der Waals surface area contributed by atoms with Crippen molar-refractivity contribution in [2.75, 3.05) is 37.7 Å². The fourth-order valence-corrected chi connectivity index (χ4v) is 3.00. The van der Waals surface area contributed by atoms with Crippen molar-refractivity contribution >= 4 is 17.6 Å². The standard InChI is InChI=1S/C16H21N3O4/c17-12-3-5-18(6-4-12)7-8-19-13-9-11(16(21)22)1-2-14(13)23-10-15(19)20/h1-2,9,12H,3-8,10,17H2,(H,21,22).